The van der Waals surface area contributed by atoms with E-state index in [1.807, 2.05) is 48.8 Å². The first-order valence-electron chi connectivity index (χ1n) is 10.6. The molecule has 2 aromatic carbocycles. The highest BCUT2D eigenvalue weighted by molar-refractivity contribution is 5.60. The fraction of sp³-hybridized carbons (Fsp3) is 0.250. The van der Waals surface area contributed by atoms with Crippen LogP contribution in [0.3, 0.4) is 0 Å². The molecule has 0 fully saturated rings. The Morgan fingerprint density at radius 2 is 1.00 bits per heavy atom. The van der Waals surface area contributed by atoms with Crippen molar-refractivity contribution < 1.29 is 0 Å². The number of nitrogens with one attached hydrogen (secondary N) is 4. The van der Waals surface area contributed by atoms with E-state index in [1.54, 1.807) is 0 Å². The fourth-order valence-corrected chi connectivity index (χ4v) is 3.37. The molecule has 6 nitrogen and oxygen atoms in total. The number of rotatable bonds is 11. The van der Waals surface area contributed by atoms with Crippen LogP contribution in [0.4, 0.5) is 11.9 Å². The van der Waals surface area contributed by atoms with E-state index >= 15 is 0 Å². The minimum absolute atomic E-state index is 0.836. The summed E-state index contributed by atoms with van der Waals surface area (Å²) < 4.78 is 0. The van der Waals surface area contributed by atoms with E-state index in [9.17, 15) is 0 Å². The first-order valence-corrected chi connectivity index (χ1v) is 10.6. The molecule has 0 saturated heterocycles. The molecule has 2 heterocycles. The Balaban J connectivity index is 1.08. The van der Waals surface area contributed by atoms with Crippen molar-refractivity contribution in [2.75, 3.05) is 23.7 Å². The van der Waals surface area contributed by atoms with Gasteiger partial charge in [0.2, 0.25) is 11.9 Å². The largest absolute Gasteiger partial charge is 0.356 e. The smallest absolute Gasteiger partial charge is 0.200 e. The molecule has 0 aliphatic heterocycles. The van der Waals surface area contributed by atoms with Gasteiger partial charge in [-0.05, 0) is 24.0 Å². The normalized spacial score (nSPS) is 10.8. The molecule has 2 aromatic heterocycles. The number of hydrogen-bond acceptors (Lipinski definition) is 4. The van der Waals surface area contributed by atoms with Crippen LogP contribution in [0.25, 0.3) is 22.5 Å². The first kappa shape index (κ1) is 19.8. The molecular formula is C24H28N6. The molecule has 6 heteroatoms. The van der Waals surface area contributed by atoms with Gasteiger partial charge >= 0.3 is 0 Å². The summed E-state index contributed by atoms with van der Waals surface area (Å²) >= 11 is 0. The van der Waals surface area contributed by atoms with Gasteiger partial charge < -0.3 is 20.6 Å². The zero-order chi connectivity index (χ0) is 20.4. The molecule has 0 bridgehead atoms. The van der Waals surface area contributed by atoms with Crippen LogP contribution in [0.5, 0.6) is 0 Å². The van der Waals surface area contributed by atoms with E-state index in [0.717, 1.165) is 60.3 Å². The Morgan fingerprint density at radius 3 is 1.43 bits per heavy atom. The third kappa shape index (κ3) is 5.50. The predicted octanol–water partition coefficient (Wildman–Crippen LogP) is 5.55. The molecule has 0 unspecified atom stereocenters. The summed E-state index contributed by atoms with van der Waals surface area (Å²) in [6.07, 6.45) is 8.38. The minimum atomic E-state index is 0.836. The van der Waals surface area contributed by atoms with Crippen LogP contribution in [0, 0.1) is 0 Å². The Kier molecular flexibility index (Phi) is 6.78. The van der Waals surface area contributed by atoms with Crippen LogP contribution in [0.1, 0.15) is 25.7 Å². The quantitative estimate of drug-likeness (QED) is 0.249. The topological polar surface area (TPSA) is 81.4 Å². The zero-order valence-corrected chi connectivity index (χ0v) is 17.1. The van der Waals surface area contributed by atoms with Gasteiger partial charge in [-0.1, -0.05) is 73.5 Å². The van der Waals surface area contributed by atoms with Crippen molar-refractivity contribution in [3.05, 3.63) is 73.1 Å². The van der Waals surface area contributed by atoms with Crippen molar-refractivity contribution in [2.45, 2.75) is 25.7 Å². The summed E-state index contributed by atoms with van der Waals surface area (Å²) in [4.78, 5) is 15.5. The van der Waals surface area contributed by atoms with Crippen LogP contribution in [0.15, 0.2) is 73.1 Å². The third-order valence-corrected chi connectivity index (χ3v) is 5.01. The number of nitrogens with zero attached hydrogens (tertiary/aromatic N) is 2. The summed E-state index contributed by atoms with van der Waals surface area (Å²) in [5, 5.41) is 6.75. The summed E-state index contributed by atoms with van der Waals surface area (Å²) in [5.74, 6) is 1.67. The second-order valence-electron chi connectivity index (χ2n) is 7.29. The molecule has 30 heavy (non-hydrogen) atoms. The standard InChI is InChI=1S/C24H28N6/c1(9-15-25-23-27-17-21(29-23)19-11-5-3-6-12-19)2-10-16-26-24-28-18-22(30-24)20-13-7-4-8-14-20/h3-8,11-14,17-18H,1-2,9-10,15-16H2,(H2,25,27,29)(H2,26,28,30). The molecule has 0 aliphatic rings. The van der Waals surface area contributed by atoms with Gasteiger partial charge in [-0.25, -0.2) is 9.97 Å². The molecule has 154 valence electrons. The highest BCUT2D eigenvalue weighted by atomic mass is 15.1. The van der Waals surface area contributed by atoms with E-state index in [4.69, 9.17) is 0 Å². The van der Waals surface area contributed by atoms with E-state index < -0.39 is 0 Å². The lowest BCUT2D eigenvalue weighted by Gasteiger charge is -2.05. The number of unbranched alkanes of at least 4 members (excludes halogenated alkanes) is 3. The molecule has 0 amide bonds. The predicted molar refractivity (Wildman–Crippen MR) is 123 cm³/mol. The van der Waals surface area contributed by atoms with Gasteiger partial charge in [0.15, 0.2) is 0 Å². The lowest BCUT2D eigenvalue weighted by Crippen LogP contribution is -2.05. The van der Waals surface area contributed by atoms with Crippen molar-refractivity contribution in [1.29, 1.82) is 0 Å². The maximum absolute atomic E-state index is 4.41. The molecule has 0 atom stereocenters. The van der Waals surface area contributed by atoms with E-state index in [2.05, 4.69) is 54.8 Å². The highest BCUT2D eigenvalue weighted by Gasteiger charge is 2.03. The molecule has 0 spiro atoms. The van der Waals surface area contributed by atoms with E-state index in [-0.39, 0.29) is 0 Å². The lowest BCUT2D eigenvalue weighted by atomic mass is 10.2. The van der Waals surface area contributed by atoms with Gasteiger partial charge in [0.25, 0.3) is 0 Å². The van der Waals surface area contributed by atoms with Crippen LogP contribution < -0.4 is 10.6 Å². The molecule has 0 radical (unpaired) electrons. The summed E-state index contributed by atoms with van der Waals surface area (Å²) in [6.45, 7) is 1.85. The molecule has 4 rings (SSSR count). The number of hydrogen-bond donors (Lipinski definition) is 4. The van der Waals surface area contributed by atoms with Crippen molar-refractivity contribution in [2.24, 2.45) is 0 Å². The number of aromatic amines is 2. The van der Waals surface area contributed by atoms with Gasteiger partial charge in [0.1, 0.15) is 0 Å². The Hall–Kier alpha value is -3.54. The van der Waals surface area contributed by atoms with Crippen LogP contribution >= 0.6 is 0 Å². The van der Waals surface area contributed by atoms with Gasteiger partial charge in [0, 0.05) is 13.1 Å². The average molecular weight is 401 g/mol. The van der Waals surface area contributed by atoms with Crippen molar-refractivity contribution in [3.63, 3.8) is 0 Å². The number of imidazole rings is 2. The fourth-order valence-electron chi connectivity index (χ4n) is 3.37. The van der Waals surface area contributed by atoms with Gasteiger partial charge in [-0.3, -0.25) is 0 Å². The average Bonchev–Trinajstić information content (AvgIpc) is 3.47. The summed E-state index contributed by atoms with van der Waals surface area (Å²) in [6, 6.07) is 20.5. The highest BCUT2D eigenvalue weighted by Crippen LogP contribution is 2.19. The van der Waals surface area contributed by atoms with Gasteiger partial charge in [0.05, 0.1) is 23.8 Å². The van der Waals surface area contributed by atoms with Crippen molar-refractivity contribution in [1.82, 2.24) is 19.9 Å². The Labute approximate surface area is 177 Å². The Morgan fingerprint density at radius 1 is 0.567 bits per heavy atom. The molecular weight excluding hydrogens is 372 g/mol. The van der Waals surface area contributed by atoms with Crippen molar-refractivity contribution in [3.8, 4) is 22.5 Å². The summed E-state index contributed by atoms with van der Waals surface area (Å²) in [5.41, 5.74) is 4.38. The van der Waals surface area contributed by atoms with E-state index in [1.165, 1.54) is 12.8 Å². The molecule has 0 saturated carbocycles. The molecule has 0 aliphatic carbocycles. The minimum Gasteiger partial charge on any atom is -0.356 e. The number of anilines is 2. The first-order chi connectivity index (χ1) is 14.9. The maximum Gasteiger partial charge on any atom is 0.200 e. The van der Waals surface area contributed by atoms with Crippen LogP contribution in [-0.2, 0) is 0 Å². The van der Waals surface area contributed by atoms with E-state index in [0.29, 0.717) is 0 Å². The van der Waals surface area contributed by atoms with Gasteiger partial charge in [-0.15, -0.1) is 0 Å². The second-order valence-corrected chi connectivity index (χ2v) is 7.29. The van der Waals surface area contributed by atoms with Crippen LogP contribution in [0.2, 0.25) is 0 Å². The zero-order valence-electron chi connectivity index (χ0n) is 17.1. The molecule has 4 N–H and O–H groups in total. The monoisotopic (exact) mass is 400 g/mol. The van der Waals surface area contributed by atoms with Crippen molar-refractivity contribution >= 4 is 11.9 Å². The SMILES string of the molecule is c1ccc(-c2cnc(NCCCCCCNc3ncc(-c4ccccc4)[nH]3)[nH]2)cc1. The maximum atomic E-state index is 4.41. The second kappa shape index (κ2) is 10.3. The number of H-pyrrole nitrogens is 2. The number of benzene rings is 2. The lowest BCUT2D eigenvalue weighted by molar-refractivity contribution is 0.668. The van der Waals surface area contributed by atoms with Crippen LogP contribution in [-0.4, -0.2) is 33.0 Å². The summed E-state index contributed by atoms with van der Waals surface area (Å²) in [7, 11) is 0. The third-order valence-electron chi connectivity index (χ3n) is 5.01. The van der Waals surface area contributed by atoms with Gasteiger partial charge in [-0.2, -0.15) is 0 Å². The Bertz CT molecular complexity index is 923. The number of aromatic nitrogens is 4. The molecule has 4 aromatic rings.